The van der Waals surface area contributed by atoms with Gasteiger partial charge in [0.05, 0.1) is 17.4 Å². The maximum absolute atomic E-state index is 11.2. The first-order chi connectivity index (χ1) is 7.63. The Bertz CT molecular complexity index is 374. The number of nitrogens with one attached hydrogen (secondary N) is 1. The van der Waals surface area contributed by atoms with Gasteiger partial charge in [0.1, 0.15) is 0 Å². The second kappa shape index (κ2) is 7.01. The van der Waals surface area contributed by atoms with Crippen molar-refractivity contribution in [2.45, 2.75) is 11.8 Å². The fourth-order valence-electron chi connectivity index (χ4n) is 0.918. The molecule has 0 aliphatic heterocycles. The smallest absolute Gasteiger partial charge is 0.253 e. The van der Waals surface area contributed by atoms with Crippen LogP contribution in [0.5, 0.6) is 0 Å². The predicted molar refractivity (Wildman–Crippen MR) is 67.0 cm³/mol. The third-order valence-corrected chi connectivity index (χ3v) is 3.32. The summed E-state index contributed by atoms with van der Waals surface area (Å²) < 4.78 is 0. The van der Waals surface area contributed by atoms with E-state index in [2.05, 4.69) is 5.48 Å². The summed E-state index contributed by atoms with van der Waals surface area (Å²) in [5, 5.41) is 1.12. The molecule has 0 unspecified atom stereocenters. The van der Waals surface area contributed by atoms with Crippen LogP contribution in [0, 0.1) is 0 Å². The highest BCUT2D eigenvalue weighted by molar-refractivity contribution is 8.00. The molecule has 1 N–H and O–H groups in total. The molecule has 0 saturated heterocycles. The molecule has 3 nitrogen and oxygen atoms in total. The Morgan fingerprint density at radius 2 is 2.25 bits per heavy atom. The number of hydrogen-bond acceptors (Lipinski definition) is 3. The Morgan fingerprint density at radius 3 is 2.88 bits per heavy atom. The molecule has 1 aromatic carbocycles. The lowest BCUT2D eigenvalue weighted by molar-refractivity contribution is -0.130. The van der Waals surface area contributed by atoms with Crippen molar-refractivity contribution in [1.82, 2.24) is 5.48 Å². The van der Waals surface area contributed by atoms with E-state index in [0.29, 0.717) is 16.7 Å². The fourth-order valence-corrected chi connectivity index (χ4v) is 2.20. The van der Waals surface area contributed by atoms with Gasteiger partial charge in [-0.05, 0) is 25.1 Å². The Labute approximate surface area is 108 Å². The van der Waals surface area contributed by atoms with Crippen LogP contribution in [0.2, 0.25) is 10.0 Å². The zero-order valence-electron chi connectivity index (χ0n) is 8.63. The summed E-state index contributed by atoms with van der Waals surface area (Å²) in [7, 11) is 0. The Hall–Kier alpha value is -0.420. The molecular formula is C10H11Cl2NO2S. The lowest BCUT2D eigenvalue weighted by Crippen LogP contribution is -2.25. The molecule has 0 radical (unpaired) electrons. The van der Waals surface area contributed by atoms with Crippen molar-refractivity contribution >= 4 is 40.9 Å². The molecule has 0 bridgehead atoms. The van der Waals surface area contributed by atoms with Gasteiger partial charge in [0.25, 0.3) is 5.91 Å². The Morgan fingerprint density at radius 1 is 1.50 bits per heavy atom. The van der Waals surface area contributed by atoms with Crippen LogP contribution in [0.15, 0.2) is 23.1 Å². The summed E-state index contributed by atoms with van der Waals surface area (Å²) in [5.41, 5.74) is 2.30. The summed E-state index contributed by atoms with van der Waals surface area (Å²) in [4.78, 5) is 16.8. The molecule has 88 valence electrons. The first kappa shape index (κ1) is 13.6. The van der Waals surface area contributed by atoms with Crippen molar-refractivity contribution in [2.24, 2.45) is 0 Å². The Kier molecular flexibility index (Phi) is 5.98. The van der Waals surface area contributed by atoms with Crippen molar-refractivity contribution in [3.05, 3.63) is 28.2 Å². The molecule has 0 heterocycles. The van der Waals surface area contributed by atoms with Crippen molar-refractivity contribution in [2.75, 3.05) is 12.4 Å². The minimum atomic E-state index is -0.196. The number of hydrogen-bond donors (Lipinski definition) is 1. The van der Waals surface area contributed by atoms with Crippen molar-refractivity contribution in [3.63, 3.8) is 0 Å². The average Bonchev–Trinajstić information content (AvgIpc) is 2.25. The highest BCUT2D eigenvalue weighted by Gasteiger charge is 2.06. The van der Waals surface area contributed by atoms with Crippen LogP contribution in [0.25, 0.3) is 0 Å². The van der Waals surface area contributed by atoms with Crippen LogP contribution in [-0.4, -0.2) is 18.3 Å². The second-order valence-electron chi connectivity index (χ2n) is 2.82. The third-order valence-electron chi connectivity index (χ3n) is 1.58. The van der Waals surface area contributed by atoms with Gasteiger partial charge >= 0.3 is 0 Å². The normalized spacial score (nSPS) is 10.2. The maximum atomic E-state index is 11.2. The van der Waals surface area contributed by atoms with Crippen LogP contribution >= 0.6 is 35.0 Å². The van der Waals surface area contributed by atoms with Gasteiger partial charge in [-0.1, -0.05) is 23.2 Å². The van der Waals surface area contributed by atoms with Crippen LogP contribution in [0.1, 0.15) is 6.92 Å². The molecule has 0 saturated carbocycles. The van der Waals surface area contributed by atoms with Gasteiger partial charge in [0, 0.05) is 9.92 Å². The quantitative estimate of drug-likeness (QED) is 0.665. The van der Waals surface area contributed by atoms with E-state index < -0.39 is 0 Å². The number of amides is 1. The first-order valence-corrected chi connectivity index (χ1v) is 6.36. The second-order valence-corrected chi connectivity index (χ2v) is 4.68. The van der Waals surface area contributed by atoms with Gasteiger partial charge in [-0.3, -0.25) is 9.63 Å². The highest BCUT2D eigenvalue weighted by atomic mass is 35.5. The summed E-state index contributed by atoms with van der Waals surface area (Å²) in [6.07, 6.45) is 0. The van der Waals surface area contributed by atoms with Crippen LogP contribution in [0.4, 0.5) is 0 Å². The number of hydroxylamine groups is 1. The SMILES string of the molecule is CCONC(=O)CSc1ccc(Cl)cc1Cl. The van der Waals surface area contributed by atoms with E-state index in [-0.39, 0.29) is 11.7 Å². The lowest BCUT2D eigenvalue weighted by Gasteiger charge is -2.05. The van der Waals surface area contributed by atoms with E-state index in [4.69, 9.17) is 28.0 Å². The van der Waals surface area contributed by atoms with E-state index in [1.807, 2.05) is 0 Å². The van der Waals surface area contributed by atoms with Crippen LogP contribution in [0.3, 0.4) is 0 Å². The van der Waals surface area contributed by atoms with Gasteiger partial charge in [-0.15, -0.1) is 11.8 Å². The number of halogens is 2. The van der Waals surface area contributed by atoms with Gasteiger partial charge in [0.15, 0.2) is 0 Å². The highest BCUT2D eigenvalue weighted by Crippen LogP contribution is 2.29. The molecule has 1 amide bonds. The van der Waals surface area contributed by atoms with E-state index in [9.17, 15) is 4.79 Å². The molecule has 1 rings (SSSR count). The molecule has 16 heavy (non-hydrogen) atoms. The van der Waals surface area contributed by atoms with Gasteiger partial charge < -0.3 is 0 Å². The number of carbonyl (C=O) groups excluding carboxylic acids is 1. The molecule has 0 atom stereocenters. The van der Waals surface area contributed by atoms with Crippen LogP contribution < -0.4 is 5.48 Å². The minimum Gasteiger partial charge on any atom is -0.274 e. The van der Waals surface area contributed by atoms with Crippen molar-refractivity contribution in [3.8, 4) is 0 Å². The predicted octanol–water partition coefficient (Wildman–Crippen LogP) is 3.15. The number of carbonyl (C=O) groups is 1. The van der Waals surface area contributed by atoms with E-state index in [1.165, 1.54) is 11.8 Å². The topological polar surface area (TPSA) is 38.3 Å². The summed E-state index contributed by atoms with van der Waals surface area (Å²) in [5.74, 6) is 0.0549. The largest absolute Gasteiger partial charge is 0.274 e. The molecule has 0 spiro atoms. The monoisotopic (exact) mass is 279 g/mol. The van der Waals surface area contributed by atoms with Crippen LogP contribution in [-0.2, 0) is 9.63 Å². The van der Waals surface area contributed by atoms with Gasteiger partial charge in [0.2, 0.25) is 0 Å². The Balaban J connectivity index is 2.45. The summed E-state index contributed by atoms with van der Waals surface area (Å²) >= 11 is 13.0. The molecule has 1 aromatic rings. The standard InChI is InChI=1S/C10H11Cl2NO2S/c1-2-15-13-10(14)6-16-9-4-3-7(11)5-8(9)12/h3-5H,2,6H2,1H3,(H,13,14). The van der Waals surface area contributed by atoms with Crippen molar-refractivity contribution < 1.29 is 9.63 Å². The zero-order valence-corrected chi connectivity index (χ0v) is 11.0. The minimum absolute atomic E-state index is 0.196. The molecule has 0 fully saturated rings. The number of thioether (sulfide) groups is 1. The van der Waals surface area contributed by atoms with E-state index in [0.717, 1.165) is 4.90 Å². The van der Waals surface area contributed by atoms with Gasteiger partial charge in [-0.25, -0.2) is 5.48 Å². The summed E-state index contributed by atoms with van der Waals surface area (Å²) in [6.45, 7) is 2.24. The van der Waals surface area contributed by atoms with E-state index >= 15 is 0 Å². The molecule has 6 heteroatoms. The summed E-state index contributed by atoms with van der Waals surface area (Å²) in [6, 6.07) is 5.16. The molecule has 0 aromatic heterocycles. The maximum Gasteiger partial charge on any atom is 0.253 e. The zero-order chi connectivity index (χ0) is 12.0. The van der Waals surface area contributed by atoms with Crippen molar-refractivity contribution in [1.29, 1.82) is 0 Å². The molecule has 0 aliphatic carbocycles. The average molecular weight is 280 g/mol. The molecular weight excluding hydrogens is 269 g/mol. The lowest BCUT2D eigenvalue weighted by atomic mass is 10.4. The fraction of sp³-hybridized carbons (Fsp3) is 0.300. The third kappa shape index (κ3) is 4.61. The van der Waals surface area contributed by atoms with E-state index in [1.54, 1.807) is 25.1 Å². The first-order valence-electron chi connectivity index (χ1n) is 4.62. The number of benzene rings is 1. The van der Waals surface area contributed by atoms with Gasteiger partial charge in [-0.2, -0.15) is 0 Å². The molecule has 0 aliphatic rings. The number of rotatable bonds is 5.